The first-order valence-electron chi connectivity index (χ1n) is 7.05. The zero-order chi connectivity index (χ0) is 15.7. The maximum absolute atomic E-state index is 12.4. The van der Waals surface area contributed by atoms with Gasteiger partial charge in [-0.25, -0.2) is 0 Å². The summed E-state index contributed by atoms with van der Waals surface area (Å²) in [5, 5.41) is 8.73. The van der Waals surface area contributed by atoms with Gasteiger partial charge in [0, 0.05) is 44.9 Å². The molecule has 0 aromatic heterocycles. The van der Waals surface area contributed by atoms with Gasteiger partial charge >= 0.3 is 0 Å². The van der Waals surface area contributed by atoms with E-state index in [1.54, 1.807) is 19.1 Å². The van der Waals surface area contributed by atoms with E-state index in [0.717, 1.165) is 17.5 Å². The van der Waals surface area contributed by atoms with Crippen LogP contribution in [0.15, 0.2) is 18.2 Å². The molecule has 0 heterocycles. The minimum atomic E-state index is -0.00517. The highest BCUT2D eigenvalue weighted by atomic mass is 16.5. The number of amides is 1. The molecule has 4 heteroatoms. The first-order chi connectivity index (χ1) is 10.1. The summed E-state index contributed by atoms with van der Waals surface area (Å²) in [5.41, 5.74) is 2.40. The molecule has 114 valence electrons. The second-order valence-corrected chi connectivity index (χ2v) is 4.88. The van der Waals surface area contributed by atoms with Gasteiger partial charge < -0.3 is 14.7 Å². The van der Waals surface area contributed by atoms with E-state index in [1.807, 2.05) is 25.1 Å². The predicted molar refractivity (Wildman–Crippen MR) is 83.2 cm³/mol. The Kier molecular flexibility index (Phi) is 7.52. The van der Waals surface area contributed by atoms with E-state index >= 15 is 0 Å². The van der Waals surface area contributed by atoms with E-state index in [4.69, 9.17) is 9.84 Å². The Morgan fingerprint density at radius 3 is 2.86 bits per heavy atom. The molecule has 1 aromatic carbocycles. The highest BCUT2D eigenvalue weighted by molar-refractivity contribution is 5.95. The van der Waals surface area contributed by atoms with E-state index < -0.39 is 0 Å². The van der Waals surface area contributed by atoms with Gasteiger partial charge in [-0.05, 0) is 31.0 Å². The number of hydrogen-bond donors (Lipinski definition) is 1. The van der Waals surface area contributed by atoms with Gasteiger partial charge in [0.2, 0.25) is 0 Å². The first kappa shape index (κ1) is 17.2. The van der Waals surface area contributed by atoms with Crippen molar-refractivity contribution in [2.24, 2.45) is 0 Å². The highest BCUT2D eigenvalue weighted by Crippen LogP contribution is 2.13. The third-order valence-electron chi connectivity index (χ3n) is 3.13. The van der Waals surface area contributed by atoms with Crippen LogP contribution in [0.1, 0.15) is 34.3 Å². The highest BCUT2D eigenvalue weighted by Gasteiger charge is 2.14. The molecular formula is C17H23NO3. The number of rotatable bonds is 6. The minimum absolute atomic E-state index is 0.00517. The Morgan fingerprint density at radius 1 is 1.43 bits per heavy atom. The summed E-state index contributed by atoms with van der Waals surface area (Å²) < 4.78 is 5.00. The molecule has 1 amide bonds. The zero-order valence-corrected chi connectivity index (χ0v) is 13.0. The van der Waals surface area contributed by atoms with Crippen molar-refractivity contribution in [1.29, 1.82) is 0 Å². The van der Waals surface area contributed by atoms with E-state index in [9.17, 15) is 4.79 Å². The van der Waals surface area contributed by atoms with Crippen LogP contribution in [0.25, 0.3) is 0 Å². The summed E-state index contributed by atoms with van der Waals surface area (Å²) in [4.78, 5) is 14.1. The van der Waals surface area contributed by atoms with E-state index in [2.05, 4.69) is 11.8 Å². The van der Waals surface area contributed by atoms with Crippen LogP contribution in [0, 0.1) is 18.8 Å². The average molecular weight is 289 g/mol. The van der Waals surface area contributed by atoms with Gasteiger partial charge in [-0.3, -0.25) is 4.79 Å². The van der Waals surface area contributed by atoms with Crippen molar-refractivity contribution in [2.45, 2.75) is 19.8 Å². The fourth-order valence-electron chi connectivity index (χ4n) is 1.90. The van der Waals surface area contributed by atoms with Gasteiger partial charge in [-0.1, -0.05) is 17.9 Å². The van der Waals surface area contributed by atoms with Gasteiger partial charge in [0.25, 0.3) is 5.91 Å². The summed E-state index contributed by atoms with van der Waals surface area (Å²) in [6.45, 7) is 3.27. The summed E-state index contributed by atoms with van der Waals surface area (Å²) in [6, 6.07) is 5.61. The fourth-order valence-corrected chi connectivity index (χ4v) is 1.90. The number of aliphatic hydroxyl groups is 1. The number of methoxy groups -OCH3 is 1. The maximum atomic E-state index is 12.4. The van der Waals surface area contributed by atoms with E-state index in [-0.39, 0.29) is 12.5 Å². The molecule has 1 rings (SSSR count). The molecule has 4 nitrogen and oxygen atoms in total. The number of ether oxygens (including phenoxy) is 1. The van der Waals surface area contributed by atoms with E-state index in [0.29, 0.717) is 25.1 Å². The summed E-state index contributed by atoms with van der Waals surface area (Å²) in [5.74, 6) is 5.82. The zero-order valence-electron chi connectivity index (χ0n) is 13.0. The van der Waals surface area contributed by atoms with Crippen LogP contribution in [0.2, 0.25) is 0 Å². The quantitative estimate of drug-likeness (QED) is 0.642. The summed E-state index contributed by atoms with van der Waals surface area (Å²) in [6.07, 6.45) is 1.25. The lowest BCUT2D eigenvalue weighted by Crippen LogP contribution is -2.29. The summed E-state index contributed by atoms with van der Waals surface area (Å²) in [7, 11) is 3.45. The molecule has 0 fully saturated rings. The van der Waals surface area contributed by atoms with Gasteiger partial charge in [0.1, 0.15) is 0 Å². The van der Waals surface area contributed by atoms with Gasteiger partial charge in [0.15, 0.2) is 0 Å². The second kappa shape index (κ2) is 9.17. The predicted octanol–water partition coefficient (Wildman–Crippen LogP) is 1.84. The molecule has 1 N–H and O–H groups in total. The Hall–Kier alpha value is -1.83. The molecule has 21 heavy (non-hydrogen) atoms. The number of aliphatic hydroxyl groups excluding tert-OH is 1. The van der Waals surface area contributed by atoms with Crippen molar-refractivity contribution in [1.82, 2.24) is 4.90 Å². The van der Waals surface area contributed by atoms with Crippen molar-refractivity contribution in [2.75, 3.05) is 33.9 Å². The lowest BCUT2D eigenvalue weighted by Gasteiger charge is -2.18. The van der Waals surface area contributed by atoms with Crippen LogP contribution < -0.4 is 0 Å². The Labute approximate surface area is 126 Å². The van der Waals surface area contributed by atoms with Crippen LogP contribution >= 0.6 is 0 Å². The Bertz CT molecular complexity index is 529. The van der Waals surface area contributed by atoms with Crippen molar-refractivity contribution in [3.05, 3.63) is 34.9 Å². The number of hydrogen-bond acceptors (Lipinski definition) is 3. The van der Waals surface area contributed by atoms with Crippen molar-refractivity contribution in [3.63, 3.8) is 0 Å². The number of aryl methyl sites for hydroxylation is 1. The van der Waals surface area contributed by atoms with Crippen molar-refractivity contribution < 1.29 is 14.6 Å². The largest absolute Gasteiger partial charge is 0.395 e. The van der Waals surface area contributed by atoms with Crippen LogP contribution in [0.5, 0.6) is 0 Å². The third kappa shape index (κ3) is 5.58. The first-order valence-corrected chi connectivity index (χ1v) is 7.05. The molecule has 1 aromatic rings. The van der Waals surface area contributed by atoms with Gasteiger partial charge in [0.05, 0.1) is 6.61 Å². The van der Waals surface area contributed by atoms with Crippen LogP contribution in [0.3, 0.4) is 0 Å². The molecule has 0 saturated carbocycles. The molecule has 0 atom stereocenters. The van der Waals surface area contributed by atoms with Crippen LogP contribution in [-0.4, -0.2) is 49.8 Å². The molecular weight excluding hydrogens is 266 g/mol. The maximum Gasteiger partial charge on any atom is 0.253 e. The Morgan fingerprint density at radius 2 is 2.19 bits per heavy atom. The fraction of sp³-hybridized carbons (Fsp3) is 0.471. The van der Waals surface area contributed by atoms with Crippen molar-refractivity contribution in [3.8, 4) is 11.8 Å². The molecule has 0 spiro atoms. The second-order valence-electron chi connectivity index (χ2n) is 4.88. The topological polar surface area (TPSA) is 49.8 Å². The van der Waals surface area contributed by atoms with Gasteiger partial charge in [-0.2, -0.15) is 0 Å². The van der Waals surface area contributed by atoms with Crippen molar-refractivity contribution >= 4 is 5.91 Å². The molecule has 0 radical (unpaired) electrons. The van der Waals surface area contributed by atoms with Crippen LogP contribution in [0.4, 0.5) is 0 Å². The monoisotopic (exact) mass is 289 g/mol. The molecule has 0 bridgehead atoms. The normalized spacial score (nSPS) is 9.90. The third-order valence-corrected chi connectivity index (χ3v) is 3.13. The smallest absolute Gasteiger partial charge is 0.253 e. The van der Waals surface area contributed by atoms with E-state index in [1.165, 1.54) is 0 Å². The Balaban J connectivity index is 2.83. The average Bonchev–Trinajstić information content (AvgIpc) is 2.48. The SMILES string of the molecule is COCCCN(C)C(=O)c1cc(C#CCCO)ccc1C. The van der Waals surface area contributed by atoms with Crippen LogP contribution in [-0.2, 0) is 4.74 Å². The molecule has 0 aliphatic heterocycles. The summed E-state index contributed by atoms with van der Waals surface area (Å²) >= 11 is 0. The molecule has 0 saturated heterocycles. The lowest BCUT2D eigenvalue weighted by molar-refractivity contribution is 0.0778. The molecule has 0 aliphatic carbocycles. The lowest BCUT2D eigenvalue weighted by atomic mass is 10.0. The van der Waals surface area contributed by atoms with Gasteiger partial charge in [-0.15, -0.1) is 0 Å². The standard InChI is InChI=1S/C17H23NO3/c1-14-8-9-15(7-4-5-11-19)13-16(14)17(20)18(2)10-6-12-21-3/h8-9,13,19H,5-6,10-12H2,1-3H3. The minimum Gasteiger partial charge on any atom is -0.395 e. The number of carbonyl (C=O) groups excluding carboxylic acids is 1. The number of carbonyl (C=O) groups is 1. The molecule has 0 aliphatic rings. The number of nitrogens with zero attached hydrogens (tertiary/aromatic N) is 1. The number of benzene rings is 1. The molecule has 0 unspecified atom stereocenters.